The molecule has 2 rings (SSSR count). The predicted molar refractivity (Wildman–Crippen MR) is 75.1 cm³/mol. The van der Waals surface area contributed by atoms with Gasteiger partial charge < -0.3 is 9.88 Å². The first-order valence-corrected chi connectivity index (χ1v) is 6.79. The van der Waals surface area contributed by atoms with Crippen molar-refractivity contribution in [1.82, 2.24) is 14.9 Å². The van der Waals surface area contributed by atoms with Gasteiger partial charge in [0, 0.05) is 17.1 Å². The molecule has 0 atom stereocenters. The Bertz CT molecular complexity index is 517. The van der Waals surface area contributed by atoms with Crippen LogP contribution in [0.25, 0.3) is 11.0 Å². The minimum Gasteiger partial charge on any atom is -0.327 e. The summed E-state index contributed by atoms with van der Waals surface area (Å²) in [7, 11) is 0. The van der Waals surface area contributed by atoms with Crippen LogP contribution in [-0.4, -0.2) is 15.6 Å². The van der Waals surface area contributed by atoms with Crippen molar-refractivity contribution in [3.8, 4) is 0 Å². The zero-order valence-electron chi connectivity index (χ0n) is 10.5. The van der Waals surface area contributed by atoms with Gasteiger partial charge in [-0.3, -0.25) is 0 Å². The molecule has 1 heterocycles. The van der Waals surface area contributed by atoms with Crippen molar-refractivity contribution in [1.29, 1.82) is 0 Å². The Hall–Kier alpha value is -0.870. The zero-order chi connectivity index (χ0) is 12.4. The van der Waals surface area contributed by atoms with E-state index in [2.05, 4.69) is 69.8 Å². The molecule has 2 aromatic rings. The Morgan fingerprint density at radius 3 is 2.82 bits per heavy atom. The summed E-state index contributed by atoms with van der Waals surface area (Å²) in [6.45, 7) is 8.22. The lowest BCUT2D eigenvalue weighted by atomic mass is 10.3. The summed E-state index contributed by atoms with van der Waals surface area (Å²) >= 11 is 3.49. The minimum atomic E-state index is 0.479. The number of imidazole rings is 1. The molecule has 0 amide bonds. The minimum absolute atomic E-state index is 0.479. The lowest BCUT2D eigenvalue weighted by Gasteiger charge is -2.09. The molecule has 0 saturated carbocycles. The third kappa shape index (κ3) is 2.69. The van der Waals surface area contributed by atoms with Crippen LogP contribution in [0.5, 0.6) is 0 Å². The third-order valence-electron chi connectivity index (χ3n) is 2.77. The first-order chi connectivity index (χ1) is 8.11. The fraction of sp³-hybridized carbons (Fsp3) is 0.462. The third-order valence-corrected chi connectivity index (χ3v) is 3.27. The first kappa shape index (κ1) is 12.6. The topological polar surface area (TPSA) is 29.9 Å². The number of aromatic nitrogens is 2. The molecule has 1 aromatic carbocycles. The Morgan fingerprint density at radius 1 is 1.41 bits per heavy atom. The first-order valence-electron chi connectivity index (χ1n) is 6.00. The van der Waals surface area contributed by atoms with E-state index >= 15 is 0 Å². The molecule has 1 aromatic heterocycles. The Balaban J connectivity index is 2.41. The van der Waals surface area contributed by atoms with E-state index in [1.165, 1.54) is 5.52 Å². The van der Waals surface area contributed by atoms with Gasteiger partial charge in [-0.1, -0.05) is 29.8 Å². The molecule has 0 unspecified atom stereocenters. The highest BCUT2D eigenvalue weighted by molar-refractivity contribution is 9.10. The van der Waals surface area contributed by atoms with Crippen molar-refractivity contribution in [3.63, 3.8) is 0 Å². The van der Waals surface area contributed by atoms with Crippen molar-refractivity contribution < 1.29 is 0 Å². The van der Waals surface area contributed by atoms with E-state index in [-0.39, 0.29) is 0 Å². The van der Waals surface area contributed by atoms with Gasteiger partial charge in [-0.2, -0.15) is 0 Å². The number of nitrogens with zero attached hydrogens (tertiary/aromatic N) is 2. The van der Waals surface area contributed by atoms with Gasteiger partial charge in [-0.15, -0.1) is 0 Å². The van der Waals surface area contributed by atoms with E-state index in [9.17, 15) is 0 Å². The number of nitrogens with one attached hydrogen (secondary N) is 1. The van der Waals surface area contributed by atoms with Gasteiger partial charge in [0.1, 0.15) is 5.82 Å². The molecule has 17 heavy (non-hydrogen) atoms. The maximum absolute atomic E-state index is 4.69. The van der Waals surface area contributed by atoms with E-state index in [4.69, 9.17) is 0 Å². The van der Waals surface area contributed by atoms with Gasteiger partial charge in [-0.25, -0.2) is 4.98 Å². The van der Waals surface area contributed by atoms with Crippen molar-refractivity contribution in [2.45, 2.75) is 39.9 Å². The molecule has 0 saturated heterocycles. The molecule has 3 nitrogen and oxygen atoms in total. The number of benzene rings is 1. The molecule has 1 N–H and O–H groups in total. The SMILES string of the molecule is CCn1c(CNC(C)C)nc2cc(Br)ccc21. The van der Waals surface area contributed by atoms with Crippen LogP contribution in [0.1, 0.15) is 26.6 Å². The van der Waals surface area contributed by atoms with Crippen LogP contribution >= 0.6 is 15.9 Å². The standard InChI is InChI=1S/C13H18BrN3/c1-4-17-12-6-5-10(14)7-11(12)16-13(17)8-15-9(2)3/h5-7,9,15H,4,8H2,1-3H3. The van der Waals surface area contributed by atoms with Crippen molar-refractivity contribution in [2.75, 3.05) is 0 Å². The maximum Gasteiger partial charge on any atom is 0.123 e. The monoisotopic (exact) mass is 295 g/mol. The molecule has 0 bridgehead atoms. The average molecular weight is 296 g/mol. The molecule has 0 aliphatic carbocycles. The second-order valence-corrected chi connectivity index (χ2v) is 5.36. The van der Waals surface area contributed by atoms with Crippen LogP contribution in [0.2, 0.25) is 0 Å². The Kier molecular flexibility index (Phi) is 3.84. The quantitative estimate of drug-likeness (QED) is 0.938. The fourth-order valence-electron chi connectivity index (χ4n) is 1.94. The summed E-state index contributed by atoms with van der Waals surface area (Å²) in [6.07, 6.45) is 0. The molecule has 0 aliphatic rings. The molecule has 0 radical (unpaired) electrons. The van der Waals surface area contributed by atoms with Crippen LogP contribution < -0.4 is 5.32 Å². The molecule has 0 fully saturated rings. The van der Waals surface area contributed by atoms with Gasteiger partial charge in [0.15, 0.2) is 0 Å². The molecule has 92 valence electrons. The lowest BCUT2D eigenvalue weighted by Crippen LogP contribution is -2.23. The number of fused-ring (bicyclic) bond motifs is 1. The Morgan fingerprint density at radius 2 is 2.18 bits per heavy atom. The van der Waals surface area contributed by atoms with Crippen LogP contribution in [0.4, 0.5) is 0 Å². The normalized spacial score (nSPS) is 11.6. The largest absolute Gasteiger partial charge is 0.327 e. The highest BCUT2D eigenvalue weighted by atomic mass is 79.9. The van der Waals surface area contributed by atoms with E-state index in [1.54, 1.807) is 0 Å². The highest BCUT2D eigenvalue weighted by Crippen LogP contribution is 2.20. The second-order valence-electron chi connectivity index (χ2n) is 4.44. The number of rotatable bonds is 4. The summed E-state index contributed by atoms with van der Waals surface area (Å²) in [5.41, 5.74) is 2.26. The van der Waals surface area contributed by atoms with Crippen molar-refractivity contribution in [3.05, 3.63) is 28.5 Å². The summed E-state index contributed by atoms with van der Waals surface area (Å²) in [6, 6.07) is 6.73. The summed E-state index contributed by atoms with van der Waals surface area (Å²) in [5.74, 6) is 1.11. The second kappa shape index (κ2) is 5.19. The lowest BCUT2D eigenvalue weighted by molar-refractivity contribution is 0.554. The van der Waals surface area contributed by atoms with Gasteiger partial charge in [-0.05, 0) is 25.1 Å². The van der Waals surface area contributed by atoms with Crippen LogP contribution in [0.15, 0.2) is 22.7 Å². The van der Waals surface area contributed by atoms with Crippen LogP contribution in [-0.2, 0) is 13.1 Å². The smallest absolute Gasteiger partial charge is 0.123 e. The Labute approximate surface area is 110 Å². The molecule has 4 heteroatoms. The summed E-state index contributed by atoms with van der Waals surface area (Å²) in [4.78, 5) is 4.69. The highest BCUT2D eigenvalue weighted by Gasteiger charge is 2.09. The van der Waals surface area contributed by atoms with Gasteiger partial charge >= 0.3 is 0 Å². The molecule has 0 aliphatic heterocycles. The molecular weight excluding hydrogens is 278 g/mol. The maximum atomic E-state index is 4.69. The number of halogens is 1. The number of aryl methyl sites for hydroxylation is 1. The van der Waals surface area contributed by atoms with Gasteiger partial charge in [0.05, 0.1) is 17.6 Å². The van der Waals surface area contributed by atoms with Gasteiger partial charge in [0.2, 0.25) is 0 Å². The summed E-state index contributed by atoms with van der Waals surface area (Å²) in [5, 5.41) is 3.42. The van der Waals surface area contributed by atoms with E-state index in [0.29, 0.717) is 6.04 Å². The predicted octanol–water partition coefficient (Wildman–Crippen LogP) is 3.32. The van der Waals surface area contributed by atoms with Crippen molar-refractivity contribution in [2.24, 2.45) is 0 Å². The summed E-state index contributed by atoms with van der Waals surface area (Å²) < 4.78 is 3.34. The van der Waals surface area contributed by atoms with E-state index in [1.807, 2.05) is 0 Å². The molecule has 0 spiro atoms. The number of hydrogen-bond acceptors (Lipinski definition) is 2. The zero-order valence-corrected chi connectivity index (χ0v) is 12.1. The van der Waals surface area contributed by atoms with E-state index < -0.39 is 0 Å². The average Bonchev–Trinajstić information content (AvgIpc) is 2.62. The van der Waals surface area contributed by atoms with E-state index in [0.717, 1.165) is 28.9 Å². The number of hydrogen-bond donors (Lipinski definition) is 1. The van der Waals surface area contributed by atoms with Crippen LogP contribution in [0.3, 0.4) is 0 Å². The molecular formula is C13H18BrN3. The van der Waals surface area contributed by atoms with Gasteiger partial charge in [0.25, 0.3) is 0 Å². The van der Waals surface area contributed by atoms with Crippen LogP contribution in [0, 0.1) is 0 Å². The fourth-order valence-corrected chi connectivity index (χ4v) is 2.29. The van der Waals surface area contributed by atoms with Crippen molar-refractivity contribution >= 4 is 27.0 Å².